The fourth-order valence-electron chi connectivity index (χ4n) is 1.58. The van der Waals surface area contributed by atoms with Crippen molar-refractivity contribution in [2.45, 2.75) is 13.1 Å². The first-order valence-corrected chi connectivity index (χ1v) is 6.04. The molecule has 0 aromatic heterocycles. The molecule has 0 saturated carbocycles. The summed E-state index contributed by atoms with van der Waals surface area (Å²) in [6.45, 7) is 0.263. The normalized spacial score (nSPS) is 11.3. The lowest BCUT2D eigenvalue weighted by Gasteiger charge is -2.15. The molecule has 0 bridgehead atoms. The molecule has 0 radical (unpaired) electrons. The molecule has 0 aliphatic rings. The van der Waals surface area contributed by atoms with E-state index in [1.807, 2.05) is 43.4 Å². The maximum atomic E-state index is 11.9. The van der Waals surface area contributed by atoms with E-state index in [4.69, 9.17) is 0 Å². The van der Waals surface area contributed by atoms with Gasteiger partial charge < -0.3 is 15.5 Å². The van der Waals surface area contributed by atoms with Crippen LogP contribution >= 0.6 is 0 Å². The minimum Gasteiger partial charge on any atom is -0.378 e. The molecule has 0 aliphatic heterocycles. The van der Waals surface area contributed by atoms with Gasteiger partial charge in [0.25, 0.3) is 0 Å². The molecular formula is C13H18F3N3O. The molecule has 20 heavy (non-hydrogen) atoms. The van der Waals surface area contributed by atoms with Crippen molar-refractivity contribution in [3.63, 3.8) is 0 Å². The van der Waals surface area contributed by atoms with Gasteiger partial charge in [-0.05, 0) is 30.7 Å². The summed E-state index contributed by atoms with van der Waals surface area (Å²) in [4.78, 5) is 13.4. The molecule has 4 nitrogen and oxygen atoms in total. The first kappa shape index (κ1) is 16.3. The smallest absolute Gasteiger partial charge is 0.378 e. The number of aryl methyl sites for hydroxylation is 1. The van der Waals surface area contributed by atoms with Crippen LogP contribution in [0.5, 0.6) is 0 Å². The molecule has 1 aromatic carbocycles. The lowest BCUT2D eigenvalue weighted by molar-refractivity contribution is -0.126. The van der Waals surface area contributed by atoms with Gasteiger partial charge in [0.1, 0.15) is 0 Å². The molecule has 1 amide bonds. The average Bonchev–Trinajstić information content (AvgIpc) is 2.29. The average molecular weight is 289 g/mol. The van der Waals surface area contributed by atoms with E-state index in [2.05, 4.69) is 5.32 Å². The van der Waals surface area contributed by atoms with Crippen LogP contribution in [0.3, 0.4) is 0 Å². The van der Waals surface area contributed by atoms with Gasteiger partial charge in [0.05, 0.1) is 13.1 Å². The molecular weight excluding hydrogens is 271 g/mol. The van der Waals surface area contributed by atoms with Crippen molar-refractivity contribution in [2.24, 2.45) is 0 Å². The second kappa shape index (κ2) is 6.60. The van der Waals surface area contributed by atoms with Crippen molar-refractivity contribution < 1.29 is 18.0 Å². The van der Waals surface area contributed by atoms with Crippen LogP contribution in [0.25, 0.3) is 0 Å². The zero-order valence-electron chi connectivity index (χ0n) is 11.6. The van der Waals surface area contributed by atoms with Gasteiger partial charge in [0.2, 0.25) is 5.91 Å². The Hall–Kier alpha value is -1.76. The molecule has 7 heteroatoms. The van der Waals surface area contributed by atoms with Crippen LogP contribution in [0.15, 0.2) is 18.2 Å². The highest BCUT2D eigenvalue weighted by molar-refractivity contribution is 5.93. The molecule has 1 aromatic rings. The van der Waals surface area contributed by atoms with E-state index in [0.717, 1.165) is 11.3 Å². The summed E-state index contributed by atoms with van der Waals surface area (Å²) in [6.07, 6.45) is -4.32. The Morgan fingerprint density at radius 3 is 2.45 bits per heavy atom. The van der Waals surface area contributed by atoms with Crippen LogP contribution in [0, 0.1) is 6.92 Å². The SMILES string of the molecule is Cc1cc(N(C)C)ccc1NC(=O)CNCC(F)(F)F. The number of rotatable bonds is 5. The molecule has 0 unspecified atom stereocenters. The number of hydrogen-bond donors (Lipinski definition) is 2. The van der Waals surface area contributed by atoms with Gasteiger partial charge in [0, 0.05) is 25.5 Å². The van der Waals surface area contributed by atoms with Crippen molar-refractivity contribution in [2.75, 3.05) is 37.4 Å². The van der Waals surface area contributed by atoms with Crippen molar-refractivity contribution >= 4 is 17.3 Å². The third-order valence-electron chi connectivity index (χ3n) is 2.61. The van der Waals surface area contributed by atoms with E-state index in [1.54, 1.807) is 6.07 Å². The second-order valence-electron chi connectivity index (χ2n) is 4.66. The van der Waals surface area contributed by atoms with Crippen LogP contribution in [0.1, 0.15) is 5.56 Å². The predicted octanol–water partition coefficient (Wildman–Crippen LogP) is 2.15. The van der Waals surface area contributed by atoms with Crippen molar-refractivity contribution in [1.82, 2.24) is 5.32 Å². The van der Waals surface area contributed by atoms with Crippen LogP contribution < -0.4 is 15.5 Å². The topological polar surface area (TPSA) is 44.4 Å². The minimum atomic E-state index is -4.32. The molecule has 0 spiro atoms. The summed E-state index contributed by atoms with van der Waals surface area (Å²) in [5.41, 5.74) is 2.42. The highest BCUT2D eigenvalue weighted by atomic mass is 19.4. The number of nitrogens with zero attached hydrogens (tertiary/aromatic N) is 1. The molecule has 0 aliphatic carbocycles. The van der Waals surface area contributed by atoms with Gasteiger partial charge in [-0.3, -0.25) is 4.79 Å². The molecule has 112 valence electrons. The number of carbonyl (C=O) groups excluding carboxylic acids is 1. The van der Waals surface area contributed by atoms with E-state index < -0.39 is 18.6 Å². The molecule has 0 atom stereocenters. The fourth-order valence-corrected chi connectivity index (χ4v) is 1.58. The highest BCUT2D eigenvalue weighted by Crippen LogP contribution is 2.21. The standard InChI is InChI=1S/C13H18F3N3O/c1-9-6-10(19(2)3)4-5-11(9)18-12(20)7-17-8-13(14,15)16/h4-6,17H,7-8H2,1-3H3,(H,18,20). The summed E-state index contributed by atoms with van der Waals surface area (Å²) >= 11 is 0. The van der Waals surface area contributed by atoms with E-state index >= 15 is 0 Å². The van der Waals surface area contributed by atoms with E-state index in [0.29, 0.717) is 5.69 Å². The summed E-state index contributed by atoms with van der Waals surface area (Å²) < 4.78 is 35.8. The molecule has 0 fully saturated rings. The van der Waals surface area contributed by atoms with Crippen LogP contribution in [0.2, 0.25) is 0 Å². The number of halogens is 3. The second-order valence-corrected chi connectivity index (χ2v) is 4.66. The maximum Gasteiger partial charge on any atom is 0.401 e. The molecule has 0 saturated heterocycles. The Morgan fingerprint density at radius 1 is 1.30 bits per heavy atom. The lowest BCUT2D eigenvalue weighted by Crippen LogP contribution is -2.35. The van der Waals surface area contributed by atoms with E-state index in [-0.39, 0.29) is 6.54 Å². The molecule has 0 heterocycles. The Kier molecular flexibility index (Phi) is 5.38. The van der Waals surface area contributed by atoms with Crippen LogP contribution in [-0.2, 0) is 4.79 Å². The van der Waals surface area contributed by atoms with Crippen molar-refractivity contribution in [3.8, 4) is 0 Å². The zero-order chi connectivity index (χ0) is 15.3. The van der Waals surface area contributed by atoms with Gasteiger partial charge in [-0.25, -0.2) is 0 Å². The summed E-state index contributed by atoms with van der Waals surface area (Å²) in [7, 11) is 3.79. The Bertz CT molecular complexity index is 472. The van der Waals surface area contributed by atoms with Gasteiger partial charge >= 0.3 is 6.18 Å². The van der Waals surface area contributed by atoms with Crippen LogP contribution in [0.4, 0.5) is 24.5 Å². The third kappa shape index (κ3) is 5.48. The van der Waals surface area contributed by atoms with Gasteiger partial charge in [0.15, 0.2) is 0 Å². The van der Waals surface area contributed by atoms with E-state index in [9.17, 15) is 18.0 Å². The van der Waals surface area contributed by atoms with Gasteiger partial charge in [-0.15, -0.1) is 0 Å². The Balaban J connectivity index is 2.54. The van der Waals surface area contributed by atoms with Crippen molar-refractivity contribution in [1.29, 1.82) is 0 Å². The molecule has 1 rings (SSSR count). The highest BCUT2D eigenvalue weighted by Gasteiger charge is 2.26. The van der Waals surface area contributed by atoms with Gasteiger partial charge in [-0.1, -0.05) is 0 Å². The number of nitrogens with one attached hydrogen (secondary N) is 2. The number of hydrogen-bond acceptors (Lipinski definition) is 3. The van der Waals surface area contributed by atoms with Gasteiger partial charge in [-0.2, -0.15) is 13.2 Å². The zero-order valence-corrected chi connectivity index (χ0v) is 11.6. The predicted molar refractivity (Wildman–Crippen MR) is 73.1 cm³/mol. The largest absolute Gasteiger partial charge is 0.401 e. The third-order valence-corrected chi connectivity index (χ3v) is 2.61. The number of carbonyl (C=O) groups is 1. The Morgan fingerprint density at radius 2 is 1.95 bits per heavy atom. The first-order valence-electron chi connectivity index (χ1n) is 6.04. The maximum absolute atomic E-state index is 11.9. The van der Waals surface area contributed by atoms with Crippen LogP contribution in [-0.4, -0.2) is 39.3 Å². The summed E-state index contributed by atoms with van der Waals surface area (Å²) in [6, 6.07) is 5.44. The van der Waals surface area contributed by atoms with E-state index in [1.165, 1.54) is 0 Å². The number of anilines is 2. The number of benzene rings is 1. The monoisotopic (exact) mass is 289 g/mol. The minimum absolute atomic E-state index is 0.381. The number of amides is 1. The van der Waals surface area contributed by atoms with Crippen molar-refractivity contribution in [3.05, 3.63) is 23.8 Å². The Labute approximate surface area is 116 Å². The lowest BCUT2D eigenvalue weighted by atomic mass is 10.1. The molecule has 2 N–H and O–H groups in total. The fraction of sp³-hybridized carbons (Fsp3) is 0.462. The first-order chi connectivity index (χ1) is 9.19. The summed E-state index contributed by atoms with van der Waals surface area (Å²) in [5.74, 6) is -0.505. The number of alkyl halides is 3. The summed E-state index contributed by atoms with van der Waals surface area (Å²) in [5, 5.41) is 4.62. The quantitative estimate of drug-likeness (QED) is 0.873.